The maximum absolute atomic E-state index is 13.4. The van der Waals surface area contributed by atoms with Gasteiger partial charge in [-0.05, 0) is 37.5 Å². The predicted molar refractivity (Wildman–Crippen MR) is 114 cm³/mol. The molecule has 6 rings (SSSR count). The Bertz CT molecular complexity index is 1150. The highest BCUT2D eigenvalue weighted by atomic mass is 16.5. The van der Waals surface area contributed by atoms with Crippen molar-refractivity contribution >= 4 is 22.5 Å². The summed E-state index contributed by atoms with van der Waals surface area (Å²) in [5, 5.41) is 12.4. The molecule has 2 saturated carbocycles. The van der Waals surface area contributed by atoms with E-state index in [1.165, 1.54) is 25.7 Å². The molecule has 3 N–H and O–H groups in total. The molecule has 0 radical (unpaired) electrons. The van der Waals surface area contributed by atoms with Gasteiger partial charge < -0.3 is 19.9 Å². The lowest BCUT2D eigenvalue weighted by Gasteiger charge is -2.28. The number of pyridine rings is 1. The molecule has 3 aromatic rings. The SMILES string of the molecule is Cn1nc(-c2cn(C(C3CC3)C3CC3)c(=O)c3c(N)n[nH]c23)cc1N1CCOCC1. The largest absolute Gasteiger partial charge is 0.382 e. The van der Waals surface area contributed by atoms with Gasteiger partial charge >= 0.3 is 0 Å². The third kappa shape index (κ3) is 2.83. The average molecular weight is 409 g/mol. The van der Waals surface area contributed by atoms with Crippen LogP contribution in [0.1, 0.15) is 31.7 Å². The van der Waals surface area contributed by atoms with Crippen LogP contribution < -0.4 is 16.2 Å². The first kappa shape index (κ1) is 18.0. The molecule has 3 fully saturated rings. The van der Waals surface area contributed by atoms with Crippen molar-refractivity contribution in [2.45, 2.75) is 31.7 Å². The molecule has 1 aliphatic heterocycles. The summed E-state index contributed by atoms with van der Waals surface area (Å²) in [6.45, 7) is 3.13. The molecule has 9 heteroatoms. The van der Waals surface area contributed by atoms with E-state index in [4.69, 9.17) is 15.6 Å². The topological polar surface area (TPSA) is 107 Å². The summed E-state index contributed by atoms with van der Waals surface area (Å²) in [5.74, 6) is 2.51. The minimum Gasteiger partial charge on any atom is -0.382 e. The number of ether oxygens (including phenoxy) is 1. The minimum atomic E-state index is -0.0341. The van der Waals surface area contributed by atoms with Crippen molar-refractivity contribution in [1.29, 1.82) is 0 Å². The van der Waals surface area contributed by atoms with Gasteiger partial charge in [0.15, 0.2) is 5.82 Å². The molecule has 0 unspecified atom stereocenters. The van der Waals surface area contributed by atoms with E-state index < -0.39 is 0 Å². The fourth-order valence-electron chi connectivity index (χ4n) is 4.97. The van der Waals surface area contributed by atoms with Gasteiger partial charge in [0.2, 0.25) is 0 Å². The molecular formula is C21H27N7O2. The Morgan fingerprint density at radius 1 is 1.20 bits per heavy atom. The highest BCUT2D eigenvalue weighted by Crippen LogP contribution is 2.52. The third-order valence-electron chi connectivity index (χ3n) is 6.78. The Hall–Kier alpha value is -2.81. The van der Waals surface area contributed by atoms with Gasteiger partial charge in [0.1, 0.15) is 11.2 Å². The van der Waals surface area contributed by atoms with Crippen LogP contribution in [0.15, 0.2) is 17.1 Å². The zero-order valence-electron chi connectivity index (χ0n) is 17.2. The fourth-order valence-corrected chi connectivity index (χ4v) is 4.97. The van der Waals surface area contributed by atoms with Crippen molar-refractivity contribution in [1.82, 2.24) is 24.5 Å². The number of aromatic amines is 1. The van der Waals surface area contributed by atoms with Crippen LogP contribution in [0, 0.1) is 11.8 Å². The number of aryl methyl sites for hydroxylation is 1. The Kier molecular flexibility index (Phi) is 3.96. The molecule has 0 spiro atoms. The molecule has 9 nitrogen and oxygen atoms in total. The van der Waals surface area contributed by atoms with Crippen molar-refractivity contribution in [2.24, 2.45) is 18.9 Å². The molecule has 3 aromatic heterocycles. The number of anilines is 2. The molecule has 1 saturated heterocycles. The van der Waals surface area contributed by atoms with E-state index in [0.717, 1.165) is 43.4 Å². The van der Waals surface area contributed by atoms with Crippen LogP contribution in [0.25, 0.3) is 22.2 Å². The van der Waals surface area contributed by atoms with Crippen LogP contribution in [0.5, 0.6) is 0 Å². The first-order valence-corrected chi connectivity index (χ1v) is 10.9. The molecule has 2 aliphatic carbocycles. The Morgan fingerprint density at radius 3 is 2.57 bits per heavy atom. The summed E-state index contributed by atoms with van der Waals surface area (Å²) in [4.78, 5) is 15.7. The summed E-state index contributed by atoms with van der Waals surface area (Å²) in [6.07, 6.45) is 6.80. The van der Waals surface area contributed by atoms with E-state index in [1.54, 1.807) is 0 Å². The number of nitrogens with one attached hydrogen (secondary N) is 1. The number of nitrogens with two attached hydrogens (primary N) is 1. The van der Waals surface area contributed by atoms with E-state index in [0.29, 0.717) is 22.7 Å². The fraction of sp³-hybridized carbons (Fsp3) is 0.571. The lowest BCUT2D eigenvalue weighted by atomic mass is 10.0. The zero-order chi connectivity index (χ0) is 20.4. The summed E-state index contributed by atoms with van der Waals surface area (Å²) in [7, 11) is 1.96. The van der Waals surface area contributed by atoms with Crippen molar-refractivity contribution in [3.05, 3.63) is 22.6 Å². The van der Waals surface area contributed by atoms with Gasteiger partial charge in [-0.1, -0.05) is 0 Å². The number of nitrogens with zero attached hydrogens (tertiary/aromatic N) is 5. The van der Waals surface area contributed by atoms with Crippen LogP contribution in [-0.2, 0) is 11.8 Å². The van der Waals surface area contributed by atoms with Gasteiger partial charge in [-0.15, -0.1) is 0 Å². The van der Waals surface area contributed by atoms with Gasteiger partial charge in [0.05, 0.1) is 24.4 Å². The molecular weight excluding hydrogens is 382 g/mol. The van der Waals surface area contributed by atoms with Crippen LogP contribution in [0.3, 0.4) is 0 Å². The van der Waals surface area contributed by atoms with Crippen LogP contribution in [0.2, 0.25) is 0 Å². The first-order chi connectivity index (χ1) is 14.6. The summed E-state index contributed by atoms with van der Waals surface area (Å²) in [5.41, 5.74) is 8.47. The molecule has 0 atom stereocenters. The second kappa shape index (κ2) is 6.60. The Balaban J connectivity index is 1.51. The predicted octanol–water partition coefficient (Wildman–Crippen LogP) is 1.90. The molecule has 158 valence electrons. The summed E-state index contributed by atoms with van der Waals surface area (Å²) >= 11 is 0. The zero-order valence-corrected chi connectivity index (χ0v) is 17.2. The van der Waals surface area contributed by atoms with E-state index in [2.05, 4.69) is 21.2 Å². The first-order valence-electron chi connectivity index (χ1n) is 10.9. The maximum atomic E-state index is 13.4. The van der Waals surface area contributed by atoms with Crippen LogP contribution in [0.4, 0.5) is 11.6 Å². The summed E-state index contributed by atoms with van der Waals surface area (Å²) < 4.78 is 9.34. The number of H-pyrrole nitrogens is 1. The lowest BCUT2D eigenvalue weighted by Crippen LogP contribution is -2.37. The smallest absolute Gasteiger partial charge is 0.264 e. The highest BCUT2D eigenvalue weighted by Gasteiger charge is 2.43. The van der Waals surface area contributed by atoms with E-state index in [9.17, 15) is 4.79 Å². The maximum Gasteiger partial charge on any atom is 0.264 e. The quantitative estimate of drug-likeness (QED) is 0.667. The Morgan fingerprint density at radius 2 is 1.90 bits per heavy atom. The lowest BCUT2D eigenvalue weighted by molar-refractivity contribution is 0.122. The number of hydrogen-bond donors (Lipinski definition) is 2. The van der Waals surface area contributed by atoms with Crippen LogP contribution in [-0.4, -0.2) is 50.8 Å². The number of morpholine rings is 1. The molecule has 4 heterocycles. The van der Waals surface area contributed by atoms with Crippen molar-refractivity contribution in [3.8, 4) is 11.3 Å². The number of hydrogen-bond acceptors (Lipinski definition) is 6. The standard InChI is InChI=1S/C21H27N7O2/c1-26-16(27-6-8-30-9-7-27)10-15(25-26)14-11-28(19(12-2-3-12)13-4-5-13)21(29)17-18(14)23-24-20(17)22/h10-13,19H,2-9H2,1H3,(H3,22,23,24). The number of rotatable bonds is 5. The third-order valence-corrected chi connectivity index (χ3v) is 6.78. The van der Waals surface area contributed by atoms with E-state index in [1.807, 2.05) is 22.5 Å². The highest BCUT2D eigenvalue weighted by molar-refractivity contribution is 5.97. The molecule has 0 aromatic carbocycles. The van der Waals surface area contributed by atoms with Crippen molar-refractivity contribution in [3.63, 3.8) is 0 Å². The van der Waals surface area contributed by atoms with Gasteiger partial charge in [-0.2, -0.15) is 10.2 Å². The molecule has 3 aliphatic rings. The van der Waals surface area contributed by atoms with E-state index >= 15 is 0 Å². The minimum absolute atomic E-state index is 0.0341. The number of fused-ring (bicyclic) bond motifs is 1. The molecule has 30 heavy (non-hydrogen) atoms. The number of aromatic nitrogens is 5. The normalized spacial score (nSPS) is 19.9. The van der Waals surface area contributed by atoms with Crippen molar-refractivity contribution in [2.75, 3.05) is 36.9 Å². The average Bonchev–Trinajstić information content (AvgIpc) is 3.68. The number of nitrogen functional groups attached to an aromatic ring is 1. The van der Waals surface area contributed by atoms with Gasteiger partial charge in [-0.3, -0.25) is 14.6 Å². The van der Waals surface area contributed by atoms with E-state index in [-0.39, 0.29) is 17.4 Å². The second-order valence-corrected chi connectivity index (χ2v) is 8.89. The molecule has 0 bridgehead atoms. The monoisotopic (exact) mass is 409 g/mol. The summed E-state index contributed by atoms with van der Waals surface area (Å²) in [6, 6.07) is 2.35. The second-order valence-electron chi connectivity index (χ2n) is 8.89. The van der Waals surface area contributed by atoms with Gasteiger partial charge in [-0.25, -0.2) is 0 Å². The van der Waals surface area contributed by atoms with Gasteiger partial charge in [0, 0.05) is 44.0 Å². The molecule has 0 amide bonds. The Labute approximate surface area is 173 Å². The van der Waals surface area contributed by atoms with Crippen LogP contribution >= 0.6 is 0 Å². The van der Waals surface area contributed by atoms with Gasteiger partial charge in [0.25, 0.3) is 5.56 Å². The van der Waals surface area contributed by atoms with Crippen molar-refractivity contribution < 1.29 is 4.74 Å².